The van der Waals surface area contributed by atoms with E-state index in [0.29, 0.717) is 17.4 Å². The molecule has 0 heterocycles. The Morgan fingerprint density at radius 1 is 0.461 bits per heavy atom. The number of unbranched alkanes of at least 4 members (excludes halogenated alkanes) is 45. The Hall–Kier alpha value is -1.28. The van der Waals surface area contributed by atoms with E-state index in [-0.39, 0.29) is 19.1 Å². The molecule has 0 aromatic rings. The van der Waals surface area contributed by atoms with Crippen LogP contribution in [0.5, 0.6) is 0 Å². The van der Waals surface area contributed by atoms with E-state index in [1.165, 1.54) is 270 Å². The number of amides is 1. The number of nitrogens with zero attached hydrogens (tertiary/aromatic N) is 1. The summed E-state index contributed by atoms with van der Waals surface area (Å²) in [7, 11) is 1.28. The molecular formula is C67H131N2O6P. The number of quaternary nitrogens is 1. The number of hydrogen-bond donors (Lipinski definition) is 2. The van der Waals surface area contributed by atoms with Gasteiger partial charge in [0.2, 0.25) is 5.91 Å². The molecule has 2 N–H and O–H groups in total. The molecule has 0 spiro atoms. The number of phosphoric acid groups is 1. The highest BCUT2D eigenvalue weighted by Crippen LogP contribution is 2.38. The van der Waals surface area contributed by atoms with Crippen molar-refractivity contribution in [2.24, 2.45) is 0 Å². The first-order valence-electron chi connectivity index (χ1n) is 33.4. The zero-order valence-corrected chi connectivity index (χ0v) is 52.4. The van der Waals surface area contributed by atoms with Gasteiger partial charge in [-0.05, 0) is 51.4 Å². The van der Waals surface area contributed by atoms with Gasteiger partial charge in [0.1, 0.15) is 13.2 Å². The van der Waals surface area contributed by atoms with Crippen LogP contribution in [0.15, 0.2) is 36.5 Å². The highest BCUT2D eigenvalue weighted by atomic mass is 31.2. The van der Waals surface area contributed by atoms with Crippen LogP contribution in [0.1, 0.15) is 335 Å². The average Bonchev–Trinajstić information content (AvgIpc) is 3.38. The molecule has 9 heteroatoms. The van der Waals surface area contributed by atoms with Gasteiger partial charge in [0.15, 0.2) is 0 Å². The van der Waals surface area contributed by atoms with Gasteiger partial charge in [-0.2, -0.15) is 0 Å². The van der Waals surface area contributed by atoms with E-state index in [0.717, 1.165) is 44.9 Å². The molecule has 450 valence electrons. The summed E-state index contributed by atoms with van der Waals surface area (Å²) in [5.74, 6) is -0.191. The predicted octanol–water partition coefficient (Wildman–Crippen LogP) is 20.3. The van der Waals surface area contributed by atoms with Gasteiger partial charge in [0.25, 0.3) is 7.82 Å². The van der Waals surface area contributed by atoms with Gasteiger partial charge in [-0.1, -0.05) is 314 Å². The number of nitrogens with one attached hydrogen (secondary N) is 1. The minimum atomic E-state index is -4.60. The van der Waals surface area contributed by atoms with Crippen LogP contribution >= 0.6 is 7.82 Å². The summed E-state index contributed by atoms with van der Waals surface area (Å²) in [6.07, 6.45) is 76.9. The highest BCUT2D eigenvalue weighted by molar-refractivity contribution is 7.45. The Bertz CT molecular complexity index is 1330. The normalized spacial score (nSPS) is 13.9. The van der Waals surface area contributed by atoms with Crippen LogP contribution in [0.4, 0.5) is 0 Å². The molecule has 76 heavy (non-hydrogen) atoms. The monoisotopic (exact) mass is 1090 g/mol. The summed E-state index contributed by atoms with van der Waals surface area (Å²) in [5.41, 5.74) is 0. The second-order valence-electron chi connectivity index (χ2n) is 24.2. The van der Waals surface area contributed by atoms with Crippen LogP contribution in [0.2, 0.25) is 0 Å². The molecule has 0 bridgehead atoms. The maximum Gasteiger partial charge on any atom is 0.268 e. The van der Waals surface area contributed by atoms with Crippen molar-refractivity contribution in [1.29, 1.82) is 0 Å². The Kier molecular flexibility index (Phi) is 57.4. The second kappa shape index (κ2) is 58.4. The van der Waals surface area contributed by atoms with Crippen molar-refractivity contribution in [3.63, 3.8) is 0 Å². The van der Waals surface area contributed by atoms with Crippen molar-refractivity contribution in [3.05, 3.63) is 36.5 Å². The fourth-order valence-electron chi connectivity index (χ4n) is 10.1. The number of rotatable bonds is 62. The van der Waals surface area contributed by atoms with Crippen molar-refractivity contribution in [1.82, 2.24) is 5.32 Å². The molecule has 3 unspecified atom stereocenters. The number of carbonyl (C=O) groups excluding carboxylic acids is 1. The molecule has 0 saturated carbocycles. The molecule has 0 aliphatic rings. The third-order valence-electron chi connectivity index (χ3n) is 15.3. The third kappa shape index (κ3) is 60.4. The summed E-state index contributed by atoms with van der Waals surface area (Å²) in [4.78, 5) is 25.6. The highest BCUT2D eigenvalue weighted by Gasteiger charge is 2.23. The van der Waals surface area contributed by atoms with Crippen LogP contribution < -0.4 is 10.2 Å². The van der Waals surface area contributed by atoms with Crippen LogP contribution in [-0.4, -0.2) is 68.5 Å². The second-order valence-corrected chi connectivity index (χ2v) is 25.6. The standard InChI is InChI=1S/C67H131N2O6P/c1-6-8-10-12-14-16-18-20-22-24-25-26-27-28-29-30-31-32-33-34-35-36-37-38-39-40-41-42-43-45-47-49-51-53-55-57-59-61-67(71)68-65(64-75-76(72,73)74-63-62-69(3,4)5)66(70)60-58-56-54-52-50-48-46-44-23-21-19-17-15-13-11-9-7-2/h18,20,24-25,58,60,65-66,70H,6-17,19,21-23,26-57,59,61-64H2,1-5H3,(H-,68,71,72,73)/b20-18-,25-24-,60-58+. The summed E-state index contributed by atoms with van der Waals surface area (Å²) >= 11 is 0. The maximum atomic E-state index is 13.0. The van der Waals surface area contributed by atoms with Gasteiger partial charge in [0.05, 0.1) is 39.9 Å². The molecule has 3 atom stereocenters. The maximum absolute atomic E-state index is 13.0. The first-order valence-corrected chi connectivity index (χ1v) is 34.8. The lowest BCUT2D eigenvalue weighted by Crippen LogP contribution is -2.45. The number of aliphatic hydroxyl groups excluding tert-OH is 1. The van der Waals surface area contributed by atoms with Crippen molar-refractivity contribution in [2.75, 3.05) is 40.9 Å². The van der Waals surface area contributed by atoms with E-state index >= 15 is 0 Å². The van der Waals surface area contributed by atoms with Gasteiger partial charge in [-0.3, -0.25) is 9.36 Å². The van der Waals surface area contributed by atoms with E-state index in [2.05, 4.69) is 43.5 Å². The SMILES string of the molecule is CCCCCCC/C=C\C/C=C\CCCCCCCCCCCCCCCCCCCCCCCCCCCC(=O)NC(COP(=O)([O-])OCC[N+](C)(C)C)C(O)/C=C/CCCCCCCCCCCCCCCCC. The minimum Gasteiger partial charge on any atom is -0.756 e. The van der Waals surface area contributed by atoms with Crippen LogP contribution in [0.3, 0.4) is 0 Å². The smallest absolute Gasteiger partial charge is 0.268 e. The lowest BCUT2D eigenvalue weighted by atomic mass is 10.0. The van der Waals surface area contributed by atoms with E-state index in [9.17, 15) is 19.4 Å². The zero-order valence-electron chi connectivity index (χ0n) is 51.5. The van der Waals surface area contributed by atoms with Crippen molar-refractivity contribution in [3.8, 4) is 0 Å². The van der Waals surface area contributed by atoms with E-state index < -0.39 is 20.0 Å². The Morgan fingerprint density at radius 2 is 0.763 bits per heavy atom. The van der Waals surface area contributed by atoms with Gasteiger partial charge in [0, 0.05) is 6.42 Å². The lowest BCUT2D eigenvalue weighted by molar-refractivity contribution is -0.870. The van der Waals surface area contributed by atoms with E-state index in [1.807, 2.05) is 27.2 Å². The molecular weight excluding hydrogens is 960 g/mol. The van der Waals surface area contributed by atoms with Crippen LogP contribution in [-0.2, 0) is 18.4 Å². The van der Waals surface area contributed by atoms with E-state index in [4.69, 9.17) is 9.05 Å². The lowest BCUT2D eigenvalue weighted by Gasteiger charge is -2.29. The molecule has 0 fully saturated rings. The molecule has 0 aliphatic heterocycles. The van der Waals surface area contributed by atoms with Crippen molar-refractivity contribution < 1.29 is 32.9 Å². The summed E-state index contributed by atoms with van der Waals surface area (Å²) < 4.78 is 23.4. The number of allylic oxidation sites excluding steroid dienone is 5. The average molecular weight is 1090 g/mol. The van der Waals surface area contributed by atoms with Crippen molar-refractivity contribution in [2.45, 2.75) is 347 Å². The summed E-state index contributed by atoms with van der Waals surface area (Å²) in [5, 5.41) is 13.9. The number of hydrogen-bond acceptors (Lipinski definition) is 6. The van der Waals surface area contributed by atoms with Crippen molar-refractivity contribution >= 4 is 13.7 Å². The topological polar surface area (TPSA) is 108 Å². The summed E-state index contributed by atoms with van der Waals surface area (Å²) in [6, 6.07) is -0.884. The molecule has 0 rings (SSSR count). The quantitative estimate of drug-likeness (QED) is 0.0272. The fourth-order valence-corrected chi connectivity index (χ4v) is 10.9. The third-order valence-corrected chi connectivity index (χ3v) is 16.3. The van der Waals surface area contributed by atoms with Crippen LogP contribution in [0.25, 0.3) is 0 Å². The molecule has 8 nitrogen and oxygen atoms in total. The van der Waals surface area contributed by atoms with Crippen LogP contribution in [0, 0.1) is 0 Å². The molecule has 0 aromatic carbocycles. The van der Waals surface area contributed by atoms with E-state index in [1.54, 1.807) is 6.08 Å². The predicted molar refractivity (Wildman–Crippen MR) is 330 cm³/mol. The largest absolute Gasteiger partial charge is 0.756 e. The molecule has 1 amide bonds. The first kappa shape index (κ1) is 74.7. The molecule has 0 aliphatic carbocycles. The Morgan fingerprint density at radius 3 is 1.09 bits per heavy atom. The van der Waals surface area contributed by atoms with Gasteiger partial charge in [-0.15, -0.1) is 0 Å². The Balaban J connectivity index is 3.94. The van der Waals surface area contributed by atoms with Gasteiger partial charge >= 0.3 is 0 Å². The number of likely N-dealkylation sites (N-methyl/N-ethyl adjacent to an activating group) is 1. The summed E-state index contributed by atoms with van der Waals surface area (Å²) in [6.45, 7) is 4.68. The minimum absolute atomic E-state index is 0.00137. The number of aliphatic hydroxyl groups is 1. The molecule has 0 radical (unpaired) electrons. The first-order chi connectivity index (χ1) is 37.0. The molecule has 0 aromatic heterocycles. The van der Waals surface area contributed by atoms with Gasteiger partial charge < -0.3 is 28.8 Å². The fraction of sp³-hybridized carbons (Fsp3) is 0.896. The Labute approximate surface area is 474 Å². The van der Waals surface area contributed by atoms with Gasteiger partial charge in [-0.25, -0.2) is 0 Å². The molecule has 0 saturated heterocycles. The number of carbonyl (C=O) groups is 1. The number of phosphoric ester groups is 1. The zero-order chi connectivity index (χ0) is 55.6.